The highest BCUT2D eigenvalue weighted by atomic mass is 28.3. The van der Waals surface area contributed by atoms with Crippen molar-refractivity contribution in [3.8, 4) is 23.3 Å². The summed E-state index contributed by atoms with van der Waals surface area (Å²) in [5.74, 6) is 9.68. The van der Waals surface area contributed by atoms with E-state index in [-0.39, 0.29) is 0 Å². The summed E-state index contributed by atoms with van der Waals surface area (Å²) in [5, 5.41) is 3.90. The van der Waals surface area contributed by atoms with E-state index in [1.807, 2.05) is 0 Å². The number of benzene rings is 3. The van der Waals surface area contributed by atoms with Gasteiger partial charge in [0, 0.05) is 6.42 Å². The van der Waals surface area contributed by atoms with Gasteiger partial charge in [-0.3, -0.25) is 0 Å². The third-order valence-electron chi connectivity index (χ3n) is 5.18. The van der Waals surface area contributed by atoms with Crippen LogP contribution < -0.4 is 15.6 Å². The average Bonchev–Trinajstić information content (AvgIpc) is 2.80. The molecule has 0 fully saturated rings. The summed E-state index contributed by atoms with van der Waals surface area (Å²) in [4.78, 5) is 0. The number of unbranched alkanes of at least 4 members (excludes halogenated alkanes) is 4. The quantitative estimate of drug-likeness (QED) is 0.237. The molecule has 3 rings (SSSR count). The standard InChI is InChI=1S/C28H28Si/c1-2-3-4-5-6-7-8-18-25-29(26-19-12-9-13-20-26,27-21-14-10-15-22-27)28-23-16-11-17-24-28/h9-17,19-24H,2-6H2,1H3. The van der Waals surface area contributed by atoms with Crippen molar-refractivity contribution in [2.75, 3.05) is 0 Å². The first kappa shape index (κ1) is 20.7. The van der Waals surface area contributed by atoms with Crippen molar-refractivity contribution in [2.24, 2.45) is 0 Å². The molecule has 0 amide bonds. The van der Waals surface area contributed by atoms with E-state index in [4.69, 9.17) is 0 Å². The van der Waals surface area contributed by atoms with Gasteiger partial charge < -0.3 is 0 Å². The fourth-order valence-corrected chi connectivity index (χ4v) is 7.41. The fraction of sp³-hybridized carbons (Fsp3) is 0.214. The van der Waals surface area contributed by atoms with Crippen molar-refractivity contribution in [3.63, 3.8) is 0 Å². The molecule has 0 nitrogen and oxygen atoms in total. The summed E-state index contributed by atoms with van der Waals surface area (Å²) in [6.45, 7) is 2.23. The highest BCUT2D eigenvalue weighted by Gasteiger charge is 2.38. The van der Waals surface area contributed by atoms with Gasteiger partial charge in [0.2, 0.25) is 8.07 Å². The Kier molecular flexibility index (Phi) is 7.94. The Morgan fingerprint density at radius 1 is 0.586 bits per heavy atom. The Bertz CT molecular complexity index is 887. The smallest absolute Gasteiger partial charge is 0.100 e. The SMILES string of the molecule is CCCCCCC#CC#C[Si](c1ccccc1)(c1ccccc1)c1ccccc1. The summed E-state index contributed by atoms with van der Waals surface area (Å²) in [7, 11) is -2.47. The highest BCUT2D eigenvalue weighted by molar-refractivity contribution is 7.16. The molecule has 0 aliphatic rings. The second-order valence-corrected chi connectivity index (χ2v) is 10.7. The second kappa shape index (κ2) is 11.1. The number of hydrogen-bond donors (Lipinski definition) is 0. The zero-order chi connectivity index (χ0) is 20.2. The maximum absolute atomic E-state index is 3.70. The van der Waals surface area contributed by atoms with E-state index >= 15 is 0 Å². The first-order valence-electron chi connectivity index (χ1n) is 10.5. The highest BCUT2D eigenvalue weighted by Crippen LogP contribution is 2.07. The van der Waals surface area contributed by atoms with E-state index in [2.05, 4.69) is 121 Å². The van der Waals surface area contributed by atoms with E-state index in [1.54, 1.807) is 0 Å². The minimum Gasteiger partial charge on any atom is -0.100 e. The third kappa shape index (κ3) is 5.29. The van der Waals surface area contributed by atoms with Crippen LogP contribution in [0.2, 0.25) is 0 Å². The zero-order valence-electron chi connectivity index (χ0n) is 17.2. The predicted molar refractivity (Wildman–Crippen MR) is 128 cm³/mol. The van der Waals surface area contributed by atoms with Crippen LogP contribution in [0.3, 0.4) is 0 Å². The molecule has 0 aliphatic heterocycles. The van der Waals surface area contributed by atoms with Gasteiger partial charge in [-0.2, -0.15) is 0 Å². The molecule has 0 saturated heterocycles. The normalized spacial score (nSPS) is 10.4. The lowest BCUT2D eigenvalue weighted by Gasteiger charge is -2.27. The lowest BCUT2D eigenvalue weighted by Crippen LogP contribution is -2.66. The van der Waals surface area contributed by atoms with Crippen molar-refractivity contribution in [3.05, 3.63) is 91.0 Å². The summed E-state index contributed by atoms with van der Waals surface area (Å²) in [5.41, 5.74) is 3.70. The summed E-state index contributed by atoms with van der Waals surface area (Å²) >= 11 is 0. The molecular formula is C28H28Si. The number of rotatable bonds is 7. The third-order valence-corrected chi connectivity index (χ3v) is 9.27. The van der Waals surface area contributed by atoms with Crippen LogP contribution in [0.15, 0.2) is 91.0 Å². The van der Waals surface area contributed by atoms with E-state index in [1.165, 1.54) is 41.2 Å². The number of hydrogen-bond acceptors (Lipinski definition) is 0. The van der Waals surface area contributed by atoms with Crippen LogP contribution in [0.4, 0.5) is 0 Å². The maximum atomic E-state index is 3.70. The van der Waals surface area contributed by atoms with Gasteiger partial charge in [-0.05, 0) is 33.8 Å². The molecule has 0 radical (unpaired) electrons. The molecule has 0 unspecified atom stereocenters. The Balaban J connectivity index is 2.05. The molecule has 29 heavy (non-hydrogen) atoms. The van der Waals surface area contributed by atoms with Crippen molar-refractivity contribution >= 4 is 23.6 Å². The lowest BCUT2D eigenvalue weighted by molar-refractivity contribution is 0.680. The molecule has 1 heteroatoms. The molecular weight excluding hydrogens is 364 g/mol. The molecule has 0 aliphatic carbocycles. The van der Waals surface area contributed by atoms with Crippen LogP contribution in [0.5, 0.6) is 0 Å². The van der Waals surface area contributed by atoms with E-state index in [0.717, 1.165) is 6.42 Å². The van der Waals surface area contributed by atoms with Gasteiger partial charge in [-0.1, -0.05) is 123 Å². The molecule has 3 aromatic carbocycles. The summed E-state index contributed by atoms with van der Waals surface area (Å²) in [6.07, 6.45) is 5.91. The van der Waals surface area contributed by atoms with Gasteiger partial charge in [0.05, 0.1) is 0 Å². The van der Waals surface area contributed by atoms with Crippen molar-refractivity contribution in [1.29, 1.82) is 0 Å². The predicted octanol–water partition coefficient (Wildman–Crippen LogP) is 4.67. The minimum atomic E-state index is -2.47. The van der Waals surface area contributed by atoms with Gasteiger partial charge in [0.1, 0.15) is 0 Å². The molecule has 0 N–H and O–H groups in total. The molecule has 0 bridgehead atoms. The van der Waals surface area contributed by atoms with Crippen molar-refractivity contribution in [1.82, 2.24) is 0 Å². The largest absolute Gasteiger partial charge is 0.231 e. The van der Waals surface area contributed by atoms with Gasteiger partial charge in [0.15, 0.2) is 0 Å². The Hall–Kier alpha value is -3.00. The lowest BCUT2D eigenvalue weighted by atomic mass is 10.2. The van der Waals surface area contributed by atoms with Gasteiger partial charge in [-0.25, -0.2) is 0 Å². The average molecular weight is 393 g/mol. The molecule has 0 saturated carbocycles. The summed E-state index contributed by atoms with van der Waals surface area (Å²) in [6, 6.07) is 32.2. The first-order valence-corrected chi connectivity index (χ1v) is 12.5. The molecule has 144 valence electrons. The van der Waals surface area contributed by atoms with E-state index < -0.39 is 8.07 Å². The second-order valence-electron chi connectivity index (χ2n) is 7.21. The van der Waals surface area contributed by atoms with Crippen LogP contribution >= 0.6 is 0 Å². The van der Waals surface area contributed by atoms with E-state index in [0.29, 0.717) is 0 Å². The molecule has 0 spiro atoms. The fourth-order valence-electron chi connectivity index (χ4n) is 3.65. The van der Waals surface area contributed by atoms with E-state index in [9.17, 15) is 0 Å². The van der Waals surface area contributed by atoms with Crippen LogP contribution in [0, 0.1) is 23.3 Å². The molecule has 0 atom stereocenters. The molecule has 0 heterocycles. The maximum Gasteiger partial charge on any atom is 0.231 e. The monoisotopic (exact) mass is 392 g/mol. The van der Waals surface area contributed by atoms with Gasteiger partial charge in [0.25, 0.3) is 0 Å². The topological polar surface area (TPSA) is 0 Å². The Morgan fingerprint density at radius 2 is 1.07 bits per heavy atom. The van der Waals surface area contributed by atoms with Gasteiger partial charge >= 0.3 is 0 Å². The molecule has 3 aromatic rings. The van der Waals surface area contributed by atoms with Crippen LogP contribution in [-0.4, -0.2) is 8.07 Å². The van der Waals surface area contributed by atoms with Crippen LogP contribution in [0.25, 0.3) is 0 Å². The Labute approximate surface area is 177 Å². The van der Waals surface area contributed by atoms with Crippen molar-refractivity contribution in [2.45, 2.75) is 39.0 Å². The Morgan fingerprint density at radius 3 is 1.52 bits per heavy atom. The van der Waals surface area contributed by atoms with Crippen molar-refractivity contribution < 1.29 is 0 Å². The molecule has 0 aromatic heterocycles. The minimum absolute atomic E-state index is 0.936. The first-order chi connectivity index (χ1) is 14.4. The van der Waals surface area contributed by atoms with Gasteiger partial charge in [-0.15, -0.1) is 5.54 Å². The van der Waals surface area contributed by atoms with Crippen LogP contribution in [0.1, 0.15) is 39.0 Å². The zero-order valence-corrected chi connectivity index (χ0v) is 18.2. The summed E-state index contributed by atoms with van der Waals surface area (Å²) < 4.78 is 0. The van der Waals surface area contributed by atoms with Crippen LogP contribution in [-0.2, 0) is 0 Å².